The smallest absolute Gasteiger partial charge is 0.408 e. The van der Waals surface area contributed by atoms with Crippen molar-refractivity contribution in [1.82, 2.24) is 15.5 Å². The summed E-state index contributed by atoms with van der Waals surface area (Å²) >= 11 is 0. The van der Waals surface area contributed by atoms with E-state index in [1.165, 1.54) is 0 Å². The molecule has 0 radical (unpaired) electrons. The number of alkyl carbamates (subject to hydrolysis) is 1. The number of rotatable bonds is 5. The minimum atomic E-state index is -0.581. The molecule has 24 heavy (non-hydrogen) atoms. The van der Waals surface area contributed by atoms with E-state index in [0.717, 1.165) is 12.8 Å². The topological polar surface area (TPSA) is 87.7 Å². The Morgan fingerprint density at radius 1 is 1.12 bits per heavy atom. The Labute approximate surface area is 144 Å². The van der Waals surface area contributed by atoms with E-state index in [1.54, 1.807) is 25.7 Å². The summed E-state index contributed by atoms with van der Waals surface area (Å²) in [6.07, 6.45) is 1.13. The van der Waals surface area contributed by atoms with Gasteiger partial charge >= 0.3 is 6.09 Å². The SMILES string of the molecule is CC(C)C(=O)NCC1CCN(C(=O)CNC(=O)OC(C)(C)C)CC1. The number of hydrogen-bond donors (Lipinski definition) is 2. The molecule has 1 aliphatic rings. The average molecular weight is 341 g/mol. The molecule has 2 N–H and O–H groups in total. The second-order valence-corrected chi connectivity index (χ2v) is 7.58. The number of ether oxygens (including phenoxy) is 1. The van der Waals surface area contributed by atoms with Crippen LogP contribution >= 0.6 is 0 Å². The molecule has 7 nitrogen and oxygen atoms in total. The molecular formula is C17H31N3O4. The zero-order valence-electron chi connectivity index (χ0n) is 15.5. The normalized spacial score (nSPS) is 16.0. The van der Waals surface area contributed by atoms with Crippen molar-refractivity contribution in [1.29, 1.82) is 0 Å². The van der Waals surface area contributed by atoms with Gasteiger partial charge in [0.1, 0.15) is 12.1 Å². The lowest BCUT2D eigenvalue weighted by Crippen LogP contribution is -2.46. The third-order valence-electron chi connectivity index (χ3n) is 3.84. The number of likely N-dealkylation sites (tertiary alicyclic amines) is 1. The van der Waals surface area contributed by atoms with Crippen LogP contribution in [0.2, 0.25) is 0 Å². The van der Waals surface area contributed by atoms with E-state index in [4.69, 9.17) is 4.74 Å². The van der Waals surface area contributed by atoms with Crippen LogP contribution in [-0.2, 0) is 14.3 Å². The summed E-state index contributed by atoms with van der Waals surface area (Å²) < 4.78 is 5.11. The largest absolute Gasteiger partial charge is 0.444 e. The number of amides is 3. The summed E-state index contributed by atoms with van der Waals surface area (Å²) in [5, 5.41) is 5.43. The van der Waals surface area contributed by atoms with Gasteiger partial charge in [0, 0.05) is 25.6 Å². The van der Waals surface area contributed by atoms with Crippen molar-refractivity contribution in [2.75, 3.05) is 26.2 Å². The number of hydrogen-bond acceptors (Lipinski definition) is 4. The van der Waals surface area contributed by atoms with E-state index < -0.39 is 11.7 Å². The van der Waals surface area contributed by atoms with Gasteiger partial charge in [-0.1, -0.05) is 13.8 Å². The van der Waals surface area contributed by atoms with Crippen molar-refractivity contribution in [3.05, 3.63) is 0 Å². The molecule has 0 unspecified atom stereocenters. The number of carbonyl (C=O) groups is 3. The fraction of sp³-hybridized carbons (Fsp3) is 0.824. The lowest BCUT2D eigenvalue weighted by atomic mass is 9.96. The lowest BCUT2D eigenvalue weighted by Gasteiger charge is -2.32. The summed E-state index contributed by atoms with van der Waals surface area (Å²) in [6, 6.07) is 0. The van der Waals surface area contributed by atoms with Gasteiger partial charge in [-0.05, 0) is 39.5 Å². The first kappa shape index (κ1) is 20.3. The molecule has 3 amide bonds. The van der Waals surface area contributed by atoms with Gasteiger partial charge in [0.25, 0.3) is 0 Å². The molecule has 1 rings (SSSR count). The Morgan fingerprint density at radius 2 is 1.71 bits per heavy atom. The van der Waals surface area contributed by atoms with Gasteiger partial charge in [0.15, 0.2) is 0 Å². The molecule has 1 aliphatic heterocycles. The predicted octanol–water partition coefficient (Wildman–Crippen LogP) is 1.52. The van der Waals surface area contributed by atoms with Crippen molar-refractivity contribution < 1.29 is 19.1 Å². The van der Waals surface area contributed by atoms with Gasteiger partial charge in [-0.25, -0.2) is 4.79 Å². The van der Waals surface area contributed by atoms with E-state index in [9.17, 15) is 14.4 Å². The maximum atomic E-state index is 12.1. The minimum absolute atomic E-state index is 0.00871. The maximum absolute atomic E-state index is 12.1. The second-order valence-electron chi connectivity index (χ2n) is 7.58. The van der Waals surface area contributed by atoms with Crippen LogP contribution in [0, 0.1) is 11.8 Å². The van der Waals surface area contributed by atoms with E-state index >= 15 is 0 Å². The molecule has 0 spiro atoms. The second kappa shape index (κ2) is 8.89. The van der Waals surface area contributed by atoms with Crippen LogP contribution in [0.15, 0.2) is 0 Å². The van der Waals surface area contributed by atoms with Gasteiger partial charge < -0.3 is 20.3 Å². The Morgan fingerprint density at radius 3 is 2.21 bits per heavy atom. The number of nitrogens with zero attached hydrogens (tertiary/aromatic N) is 1. The highest BCUT2D eigenvalue weighted by molar-refractivity contribution is 5.82. The Kier molecular flexibility index (Phi) is 7.51. The maximum Gasteiger partial charge on any atom is 0.408 e. The van der Waals surface area contributed by atoms with Crippen LogP contribution in [0.4, 0.5) is 4.79 Å². The molecular weight excluding hydrogens is 310 g/mol. The summed E-state index contributed by atoms with van der Waals surface area (Å²) in [5.74, 6) is 0.349. The van der Waals surface area contributed by atoms with Crippen molar-refractivity contribution in [2.24, 2.45) is 11.8 Å². The molecule has 0 aliphatic carbocycles. The summed E-state index contributed by atoms with van der Waals surface area (Å²) in [5.41, 5.74) is -0.577. The quantitative estimate of drug-likeness (QED) is 0.794. The molecule has 0 saturated carbocycles. The molecule has 0 atom stereocenters. The Hall–Kier alpha value is -1.79. The van der Waals surface area contributed by atoms with E-state index in [-0.39, 0.29) is 24.3 Å². The molecule has 1 saturated heterocycles. The minimum Gasteiger partial charge on any atom is -0.444 e. The van der Waals surface area contributed by atoms with Gasteiger partial charge in [0.2, 0.25) is 11.8 Å². The first-order valence-corrected chi connectivity index (χ1v) is 8.61. The summed E-state index contributed by atoms with van der Waals surface area (Å²) in [6.45, 7) is 11.0. The van der Waals surface area contributed by atoms with Crippen LogP contribution in [0.1, 0.15) is 47.5 Å². The van der Waals surface area contributed by atoms with Gasteiger partial charge in [0.05, 0.1) is 0 Å². The van der Waals surface area contributed by atoms with Crippen LogP contribution in [0.5, 0.6) is 0 Å². The molecule has 0 aromatic heterocycles. The molecule has 138 valence electrons. The van der Waals surface area contributed by atoms with E-state index in [2.05, 4.69) is 10.6 Å². The first-order chi connectivity index (χ1) is 11.1. The number of carbonyl (C=O) groups excluding carboxylic acids is 3. The van der Waals surface area contributed by atoms with E-state index in [1.807, 2.05) is 13.8 Å². The molecule has 1 heterocycles. The van der Waals surface area contributed by atoms with Crippen LogP contribution in [0.3, 0.4) is 0 Å². The fourth-order valence-electron chi connectivity index (χ4n) is 2.41. The molecule has 0 bridgehead atoms. The predicted molar refractivity (Wildman–Crippen MR) is 91.4 cm³/mol. The standard InChI is InChI=1S/C17H31N3O4/c1-12(2)15(22)18-10-13-6-8-20(9-7-13)14(21)11-19-16(23)24-17(3,4)5/h12-13H,6-11H2,1-5H3,(H,18,22)(H,19,23). The number of piperidine rings is 1. The highest BCUT2D eigenvalue weighted by Gasteiger charge is 2.24. The highest BCUT2D eigenvalue weighted by Crippen LogP contribution is 2.16. The van der Waals surface area contributed by atoms with Gasteiger partial charge in [-0.3, -0.25) is 9.59 Å². The highest BCUT2D eigenvalue weighted by atomic mass is 16.6. The van der Waals surface area contributed by atoms with Gasteiger partial charge in [-0.15, -0.1) is 0 Å². The third-order valence-corrected chi connectivity index (χ3v) is 3.84. The van der Waals surface area contributed by atoms with Crippen molar-refractivity contribution in [3.8, 4) is 0 Å². The molecule has 0 aromatic carbocycles. The van der Waals surface area contributed by atoms with Gasteiger partial charge in [-0.2, -0.15) is 0 Å². The van der Waals surface area contributed by atoms with Crippen LogP contribution in [-0.4, -0.2) is 54.6 Å². The Balaban J connectivity index is 2.25. The molecule has 7 heteroatoms. The van der Waals surface area contributed by atoms with Crippen LogP contribution in [0.25, 0.3) is 0 Å². The molecule has 0 aromatic rings. The number of nitrogens with one attached hydrogen (secondary N) is 2. The van der Waals surface area contributed by atoms with Crippen molar-refractivity contribution in [3.63, 3.8) is 0 Å². The van der Waals surface area contributed by atoms with Crippen molar-refractivity contribution in [2.45, 2.75) is 53.1 Å². The molecule has 1 fully saturated rings. The van der Waals surface area contributed by atoms with Crippen molar-refractivity contribution >= 4 is 17.9 Å². The zero-order chi connectivity index (χ0) is 18.3. The average Bonchev–Trinajstić information content (AvgIpc) is 2.49. The fourth-order valence-corrected chi connectivity index (χ4v) is 2.41. The Bertz CT molecular complexity index is 449. The summed E-state index contributed by atoms with van der Waals surface area (Å²) in [4.78, 5) is 37.0. The summed E-state index contributed by atoms with van der Waals surface area (Å²) in [7, 11) is 0. The van der Waals surface area contributed by atoms with Crippen LogP contribution < -0.4 is 10.6 Å². The lowest BCUT2D eigenvalue weighted by molar-refractivity contribution is -0.132. The zero-order valence-corrected chi connectivity index (χ0v) is 15.5. The monoisotopic (exact) mass is 341 g/mol. The first-order valence-electron chi connectivity index (χ1n) is 8.61. The third kappa shape index (κ3) is 7.66. The van der Waals surface area contributed by atoms with E-state index in [0.29, 0.717) is 25.6 Å².